The lowest BCUT2D eigenvalue weighted by molar-refractivity contribution is -0.204. The second-order valence-corrected chi connectivity index (χ2v) is 10.8. The van der Waals surface area contributed by atoms with E-state index in [9.17, 15) is 18.0 Å². The van der Waals surface area contributed by atoms with Crippen molar-refractivity contribution in [3.63, 3.8) is 0 Å². The molecule has 3 heterocycles. The average Bonchev–Trinajstić information content (AvgIpc) is 3.45. The van der Waals surface area contributed by atoms with Gasteiger partial charge in [0.15, 0.2) is 5.79 Å². The number of allylic oxidation sites excluding steroid dienone is 1. The number of aromatic nitrogens is 1. The standard InChI is InChI=1S/C29H30F3NO4/c1-17-26-24(23-9-10-28(35-11-12-36-28)15-20(23)14-25(26)27(34)37-17)8-7-22-6-5-19(16-33-22)18-3-2-4-21(13-18)29(30,31)32/h2-8,13,16-17,20,23-26H,9-12,14-15H2,1H3/t17-,20?,23?,24?,25?,26?/m1/s1. The Morgan fingerprint density at radius 3 is 2.65 bits per heavy atom. The zero-order valence-corrected chi connectivity index (χ0v) is 20.6. The highest BCUT2D eigenvalue weighted by atomic mass is 19.4. The maximum atomic E-state index is 13.1. The van der Waals surface area contributed by atoms with Crippen LogP contribution >= 0.6 is 0 Å². The van der Waals surface area contributed by atoms with Gasteiger partial charge in [-0.15, -0.1) is 0 Å². The summed E-state index contributed by atoms with van der Waals surface area (Å²) in [5, 5.41) is 0. The minimum atomic E-state index is -4.39. The van der Waals surface area contributed by atoms with Crippen LogP contribution in [0.25, 0.3) is 17.2 Å². The molecule has 2 saturated heterocycles. The molecule has 6 atom stereocenters. The summed E-state index contributed by atoms with van der Waals surface area (Å²) in [6.07, 6.45) is 4.65. The molecule has 8 heteroatoms. The molecule has 5 unspecified atom stereocenters. The van der Waals surface area contributed by atoms with E-state index >= 15 is 0 Å². The van der Waals surface area contributed by atoms with Gasteiger partial charge >= 0.3 is 12.1 Å². The maximum Gasteiger partial charge on any atom is 0.416 e. The van der Waals surface area contributed by atoms with Crippen LogP contribution in [0.2, 0.25) is 0 Å². The Balaban J connectivity index is 1.24. The molecule has 4 fully saturated rings. The van der Waals surface area contributed by atoms with Gasteiger partial charge in [0, 0.05) is 30.5 Å². The molecule has 1 aromatic carbocycles. The first-order valence-corrected chi connectivity index (χ1v) is 13.0. The van der Waals surface area contributed by atoms with Gasteiger partial charge in [0.05, 0.1) is 30.4 Å². The molecule has 5 nitrogen and oxygen atoms in total. The van der Waals surface area contributed by atoms with Crippen LogP contribution in [0.5, 0.6) is 0 Å². The zero-order chi connectivity index (χ0) is 25.8. The van der Waals surface area contributed by atoms with E-state index in [1.54, 1.807) is 18.3 Å². The average molecular weight is 514 g/mol. The number of carbonyl (C=O) groups excluding carboxylic acids is 1. The van der Waals surface area contributed by atoms with Crippen molar-refractivity contribution < 1.29 is 32.2 Å². The summed E-state index contributed by atoms with van der Waals surface area (Å²) in [6.45, 7) is 3.22. The van der Waals surface area contributed by atoms with Gasteiger partial charge in [0.2, 0.25) is 0 Å². The SMILES string of the molecule is C[C@H]1OC(=O)C2CC3CC4(CCC3C(C=Cc3ccc(-c5cccc(C(F)(F)F)c5)cn3)C21)OCCO4. The van der Waals surface area contributed by atoms with E-state index in [0.717, 1.165) is 43.5 Å². The molecule has 2 aliphatic carbocycles. The molecular weight excluding hydrogens is 483 g/mol. The number of pyridine rings is 1. The van der Waals surface area contributed by atoms with Gasteiger partial charge in [0.1, 0.15) is 6.10 Å². The number of fused-ring (bicyclic) bond motifs is 2. The number of alkyl halides is 3. The van der Waals surface area contributed by atoms with E-state index in [2.05, 4.69) is 11.1 Å². The lowest BCUT2D eigenvalue weighted by Gasteiger charge is -2.49. The molecule has 1 aromatic heterocycles. The summed E-state index contributed by atoms with van der Waals surface area (Å²) in [5.41, 5.74) is 1.14. The highest BCUT2D eigenvalue weighted by Gasteiger charge is 2.57. The molecule has 2 saturated carbocycles. The molecule has 37 heavy (non-hydrogen) atoms. The van der Waals surface area contributed by atoms with E-state index in [0.29, 0.717) is 36.2 Å². The topological polar surface area (TPSA) is 57.7 Å². The van der Waals surface area contributed by atoms with Crippen molar-refractivity contribution in [2.75, 3.05) is 13.2 Å². The Morgan fingerprint density at radius 1 is 1.11 bits per heavy atom. The normalized spacial score (nSPS) is 32.9. The lowest BCUT2D eigenvalue weighted by Crippen LogP contribution is -2.49. The number of rotatable bonds is 3. The van der Waals surface area contributed by atoms with E-state index in [1.807, 2.05) is 19.1 Å². The van der Waals surface area contributed by atoms with Crippen molar-refractivity contribution >= 4 is 12.0 Å². The van der Waals surface area contributed by atoms with Gasteiger partial charge in [0.25, 0.3) is 0 Å². The third-order valence-electron chi connectivity index (χ3n) is 8.76. The van der Waals surface area contributed by atoms with Crippen molar-refractivity contribution in [3.8, 4) is 11.1 Å². The van der Waals surface area contributed by atoms with Crippen molar-refractivity contribution in [1.82, 2.24) is 4.98 Å². The van der Waals surface area contributed by atoms with Gasteiger partial charge in [-0.25, -0.2) is 0 Å². The predicted octanol–water partition coefficient (Wildman–Crippen LogP) is 6.14. The van der Waals surface area contributed by atoms with Crippen LogP contribution in [0.4, 0.5) is 13.2 Å². The van der Waals surface area contributed by atoms with Gasteiger partial charge in [-0.2, -0.15) is 13.2 Å². The Labute approximate surface area is 214 Å². The summed E-state index contributed by atoms with van der Waals surface area (Å²) < 4.78 is 57.0. The van der Waals surface area contributed by atoms with Crippen LogP contribution in [0, 0.1) is 29.6 Å². The molecule has 2 aliphatic heterocycles. The van der Waals surface area contributed by atoms with Crippen LogP contribution in [-0.2, 0) is 25.2 Å². The third-order valence-corrected chi connectivity index (χ3v) is 8.76. The van der Waals surface area contributed by atoms with Crippen molar-refractivity contribution in [2.24, 2.45) is 29.6 Å². The monoisotopic (exact) mass is 513 g/mol. The second-order valence-electron chi connectivity index (χ2n) is 10.8. The number of cyclic esters (lactones) is 1. The molecule has 2 aromatic rings. The van der Waals surface area contributed by atoms with E-state index in [-0.39, 0.29) is 29.8 Å². The van der Waals surface area contributed by atoms with Crippen molar-refractivity contribution in [2.45, 2.75) is 50.7 Å². The maximum absolute atomic E-state index is 13.1. The zero-order valence-electron chi connectivity index (χ0n) is 20.6. The van der Waals surface area contributed by atoms with Gasteiger partial charge in [-0.1, -0.05) is 24.3 Å². The van der Waals surface area contributed by atoms with Gasteiger partial charge in [-0.3, -0.25) is 9.78 Å². The highest BCUT2D eigenvalue weighted by molar-refractivity contribution is 5.75. The smallest absolute Gasteiger partial charge is 0.416 e. The molecule has 0 amide bonds. The number of ether oxygens (including phenoxy) is 3. The quantitative estimate of drug-likeness (QED) is 0.462. The first-order valence-electron chi connectivity index (χ1n) is 13.0. The lowest BCUT2D eigenvalue weighted by atomic mass is 9.56. The van der Waals surface area contributed by atoms with Crippen molar-refractivity contribution in [3.05, 3.63) is 59.9 Å². The molecule has 6 rings (SSSR count). The molecule has 0 radical (unpaired) electrons. The Kier molecular flexibility index (Phi) is 6.15. The minimum absolute atomic E-state index is 0.106. The predicted molar refractivity (Wildman–Crippen MR) is 130 cm³/mol. The fraction of sp³-hybridized carbons (Fsp3) is 0.517. The molecule has 1 spiro atoms. The Hall–Kier alpha value is -2.71. The number of benzene rings is 1. The molecule has 0 bridgehead atoms. The summed E-state index contributed by atoms with van der Waals surface area (Å²) in [4.78, 5) is 17.2. The fourth-order valence-electron chi connectivity index (χ4n) is 7.11. The number of carbonyl (C=O) groups is 1. The fourth-order valence-corrected chi connectivity index (χ4v) is 7.11. The number of hydrogen-bond acceptors (Lipinski definition) is 5. The summed E-state index contributed by atoms with van der Waals surface area (Å²) in [6, 6.07) is 8.87. The minimum Gasteiger partial charge on any atom is -0.462 e. The third kappa shape index (κ3) is 4.59. The first-order chi connectivity index (χ1) is 17.7. The summed E-state index contributed by atoms with van der Waals surface area (Å²) in [5.74, 6) is 0.262. The summed E-state index contributed by atoms with van der Waals surface area (Å²) >= 11 is 0. The van der Waals surface area contributed by atoms with Crippen LogP contribution in [-0.4, -0.2) is 36.1 Å². The number of hydrogen-bond donors (Lipinski definition) is 0. The van der Waals surface area contributed by atoms with Crippen LogP contribution < -0.4 is 0 Å². The van der Waals surface area contributed by atoms with E-state index in [1.165, 1.54) is 6.07 Å². The van der Waals surface area contributed by atoms with Crippen LogP contribution in [0.1, 0.15) is 43.9 Å². The molecule has 0 N–H and O–H groups in total. The van der Waals surface area contributed by atoms with E-state index in [4.69, 9.17) is 14.2 Å². The Morgan fingerprint density at radius 2 is 1.92 bits per heavy atom. The number of nitrogens with zero attached hydrogens (tertiary/aromatic N) is 1. The Bertz CT molecular complexity index is 1190. The molecular formula is C29H30F3NO4. The van der Waals surface area contributed by atoms with Gasteiger partial charge in [-0.05, 0) is 67.4 Å². The number of esters is 1. The number of halogens is 3. The highest BCUT2D eigenvalue weighted by Crippen LogP contribution is 2.56. The van der Waals surface area contributed by atoms with E-state index < -0.39 is 17.5 Å². The first kappa shape index (κ1) is 24.6. The second kappa shape index (κ2) is 9.24. The van der Waals surface area contributed by atoms with Gasteiger partial charge < -0.3 is 14.2 Å². The van der Waals surface area contributed by atoms with Crippen LogP contribution in [0.15, 0.2) is 48.7 Å². The largest absolute Gasteiger partial charge is 0.462 e. The van der Waals surface area contributed by atoms with Crippen LogP contribution in [0.3, 0.4) is 0 Å². The summed E-state index contributed by atoms with van der Waals surface area (Å²) in [7, 11) is 0. The molecule has 196 valence electrons. The van der Waals surface area contributed by atoms with Crippen molar-refractivity contribution in [1.29, 1.82) is 0 Å². The molecule has 4 aliphatic rings.